The molecule has 1 aromatic carbocycles. The van der Waals surface area contributed by atoms with Crippen LogP contribution in [0.2, 0.25) is 5.02 Å². The number of anilines is 1. The van der Waals surface area contributed by atoms with Gasteiger partial charge in [0.1, 0.15) is 9.71 Å². The van der Waals surface area contributed by atoms with Gasteiger partial charge in [-0.2, -0.15) is 0 Å². The standard InChI is InChI=1S/C19H17ClN2OS/c20-13-7-4-6-12(9-13)17(23)18-16(21)14-10-11-5-2-1-3-8-15(11)22-19(14)24-18/h4,6-7,9-10H,1-3,5,8,21H2. The smallest absolute Gasteiger partial charge is 0.205 e. The molecule has 0 saturated heterocycles. The van der Waals surface area contributed by atoms with Crippen LogP contribution in [-0.4, -0.2) is 10.8 Å². The minimum atomic E-state index is -0.0896. The van der Waals surface area contributed by atoms with Gasteiger partial charge in [0.25, 0.3) is 0 Å². The van der Waals surface area contributed by atoms with Gasteiger partial charge in [-0.3, -0.25) is 4.79 Å². The van der Waals surface area contributed by atoms with E-state index in [2.05, 4.69) is 6.07 Å². The molecule has 2 N–H and O–H groups in total. The summed E-state index contributed by atoms with van der Waals surface area (Å²) in [7, 11) is 0. The first-order valence-electron chi connectivity index (χ1n) is 8.14. The summed E-state index contributed by atoms with van der Waals surface area (Å²) >= 11 is 7.39. The first-order chi connectivity index (χ1) is 11.6. The lowest BCUT2D eigenvalue weighted by Gasteiger charge is -2.04. The molecule has 0 radical (unpaired) electrons. The minimum absolute atomic E-state index is 0.0896. The molecule has 0 saturated carbocycles. The molecular formula is C19H17ClN2OS. The number of benzene rings is 1. The van der Waals surface area contributed by atoms with Gasteiger partial charge in [0.15, 0.2) is 0 Å². The monoisotopic (exact) mass is 356 g/mol. The molecule has 3 aromatic rings. The van der Waals surface area contributed by atoms with E-state index in [1.54, 1.807) is 24.3 Å². The van der Waals surface area contributed by atoms with E-state index in [0.717, 1.165) is 23.1 Å². The number of hydrogen-bond donors (Lipinski definition) is 1. The molecule has 5 heteroatoms. The number of halogens is 1. The number of pyridine rings is 1. The van der Waals surface area contributed by atoms with Gasteiger partial charge in [-0.25, -0.2) is 4.98 Å². The van der Waals surface area contributed by atoms with E-state index in [9.17, 15) is 4.79 Å². The van der Waals surface area contributed by atoms with Gasteiger partial charge < -0.3 is 5.73 Å². The Morgan fingerprint density at radius 2 is 2.00 bits per heavy atom. The normalized spacial score (nSPS) is 14.4. The summed E-state index contributed by atoms with van der Waals surface area (Å²) in [6.45, 7) is 0. The van der Waals surface area contributed by atoms with Crippen molar-refractivity contribution in [3.05, 3.63) is 57.1 Å². The third-order valence-electron chi connectivity index (χ3n) is 4.54. The second-order valence-corrected chi connectivity index (χ2v) is 7.63. The zero-order valence-electron chi connectivity index (χ0n) is 13.1. The molecule has 0 aliphatic heterocycles. The van der Waals surface area contributed by atoms with Gasteiger partial charge in [0, 0.05) is 21.7 Å². The minimum Gasteiger partial charge on any atom is -0.397 e. The summed E-state index contributed by atoms with van der Waals surface area (Å²) in [6, 6.07) is 9.12. The molecule has 2 aromatic heterocycles. The van der Waals surface area contributed by atoms with Crippen molar-refractivity contribution in [2.45, 2.75) is 32.1 Å². The Morgan fingerprint density at radius 1 is 1.17 bits per heavy atom. The Kier molecular flexibility index (Phi) is 4.02. The van der Waals surface area contributed by atoms with Crippen molar-refractivity contribution in [1.82, 2.24) is 4.98 Å². The third kappa shape index (κ3) is 2.70. The van der Waals surface area contributed by atoms with Crippen LogP contribution in [0, 0.1) is 0 Å². The van der Waals surface area contributed by atoms with Crippen LogP contribution >= 0.6 is 22.9 Å². The van der Waals surface area contributed by atoms with Crippen molar-refractivity contribution in [1.29, 1.82) is 0 Å². The van der Waals surface area contributed by atoms with Gasteiger partial charge >= 0.3 is 0 Å². The number of carbonyl (C=O) groups is 1. The van der Waals surface area contributed by atoms with Crippen LogP contribution in [0.3, 0.4) is 0 Å². The lowest BCUT2D eigenvalue weighted by Crippen LogP contribution is -2.02. The number of ketones is 1. The third-order valence-corrected chi connectivity index (χ3v) is 5.89. The Morgan fingerprint density at radius 3 is 2.83 bits per heavy atom. The van der Waals surface area contributed by atoms with E-state index >= 15 is 0 Å². The zero-order chi connectivity index (χ0) is 16.7. The van der Waals surface area contributed by atoms with Crippen LogP contribution < -0.4 is 5.73 Å². The Labute approximate surface area is 149 Å². The van der Waals surface area contributed by atoms with Crippen molar-refractivity contribution in [2.24, 2.45) is 0 Å². The molecule has 3 nitrogen and oxygen atoms in total. The first-order valence-corrected chi connectivity index (χ1v) is 9.34. The number of aromatic nitrogens is 1. The number of rotatable bonds is 2. The van der Waals surface area contributed by atoms with E-state index in [1.165, 1.54) is 41.9 Å². The summed E-state index contributed by atoms with van der Waals surface area (Å²) < 4.78 is 0. The van der Waals surface area contributed by atoms with Crippen molar-refractivity contribution < 1.29 is 4.79 Å². The van der Waals surface area contributed by atoms with E-state index in [1.807, 2.05) is 0 Å². The molecule has 24 heavy (non-hydrogen) atoms. The maximum atomic E-state index is 12.8. The van der Waals surface area contributed by atoms with Crippen LogP contribution in [0.25, 0.3) is 10.2 Å². The number of carbonyl (C=O) groups excluding carboxylic acids is 1. The van der Waals surface area contributed by atoms with Crippen LogP contribution in [0.15, 0.2) is 30.3 Å². The molecular weight excluding hydrogens is 340 g/mol. The molecule has 4 rings (SSSR count). The molecule has 0 atom stereocenters. The van der Waals surface area contributed by atoms with Gasteiger partial charge in [-0.1, -0.05) is 30.2 Å². The van der Waals surface area contributed by atoms with Crippen molar-refractivity contribution in [2.75, 3.05) is 5.73 Å². The highest BCUT2D eigenvalue weighted by Gasteiger charge is 2.21. The first kappa shape index (κ1) is 15.6. The van der Waals surface area contributed by atoms with Crippen LogP contribution in [0.5, 0.6) is 0 Å². The van der Waals surface area contributed by atoms with Crippen molar-refractivity contribution in [3.8, 4) is 0 Å². The largest absolute Gasteiger partial charge is 0.397 e. The predicted octanol–water partition coefficient (Wildman–Crippen LogP) is 5.03. The lowest BCUT2D eigenvalue weighted by molar-refractivity contribution is 0.104. The average molecular weight is 357 g/mol. The maximum absolute atomic E-state index is 12.8. The number of aryl methyl sites for hydroxylation is 2. The number of fused-ring (bicyclic) bond motifs is 2. The molecule has 1 aliphatic rings. The van der Waals surface area contributed by atoms with E-state index in [4.69, 9.17) is 22.3 Å². The van der Waals surface area contributed by atoms with Gasteiger partial charge in [-0.15, -0.1) is 11.3 Å². The Hall–Kier alpha value is -1.91. The number of thiophene rings is 1. The number of nitrogens with zero attached hydrogens (tertiary/aromatic N) is 1. The lowest BCUT2D eigenvalue weighted by atomic mass is 10.1. The summed E-state index contributed by atoms with van der Waals surface area (Å²) in [5.74, 6) is -0.0896. The fourth-order valence-electron chi connectivity index (χ4n) is 3.27. The molecule has 1 aliphatic carbocycles. The summed E-state index contributed by atoms with van der Waals surface area (Å²) in [6.07, 6.45) is 5.68. The second kappa shape index (κ2) is 6.19. The van der Waals surface area contributed by atoms with Crippen molar-refractivity contribution in [3.63, 3.8) is 0 Å². The maximum Gasteiger partial charge on any atom is 0.205 e. The number of hydrogen-bond acceptors (Lipinski definition) is 4. The number of nitrogen functional groups attached to an aromatic ring is 1. The Balaban J connectivity index is 1.82. The van der Waals surface area contributed by atoms with E-state index in [0.29, 0.717) is 21.2 Å². The summed E-state index contributed by atoms with van der Waals surface area (Å²) in [5.41, 5.74) is 9.86. The highest BCUT2D eigenvalue weighted by Crippen LogP contribution is 2.36. The van der Waals surface area contributed by atoms with Gasteiger partial charge in [-0.05, 0) is 49.4 Å². The highest BCUT2D eigenvalue weighted by atomic mass is 35.5. The fraction of sp³-hybridized carbons (Fsp3) is 0.263. The second-order valence-electron chi connectivity index (χ2n) is 6.19. The topological polar surface area (TPSA) is 56.0 Å². The quantitative estimate of drug-likeness (QED) is 0.517. The summed E-state index contributed by atoms with van der Waals surface area (Å²) in [5, 5.41) is 1.45. The average Bonchev–Trinajstić information content (AvgIpc) is 2.75. The van der Waals surface area contributed by atoms with Gasteiger partial charge in [0.2, 0.25) is 5.78 Å². The van der Waals surface area contributed by atoms with E-state index < -0.39 is 0 Å². The highest BCUT2D eigenvalue weighted by molar-refractivity contribution is 7.21. The SMILES string of the molecule is Nc1c(C(=O)c2cccc(Cl)c2)sc2nc3c(cc12)CCCCC3. The van der Waals surface area contributed by atoms with Crippen LogP contribution in [0.4, 0.5) is 5.69 Å². The molecule has 0 spiro atoms. The summed E-state index contributed by atoms with van der Waals surface area (Å²) in [4.78, 5) is 19.0. The zero-order valence-corrected chi connectivity index (χ0v) is 14.7. The van der Waals surface area contributed by atoms with Crippen LogP contribution in [0.1, 0.15) is 45.8 Å². The van der Waals surface area contributed by atoms with Crippen LogP contribution in [-0.2, 0) is 12.8 Å². The van der Waals surface area contributed by atoms with Crippen molar-refractivity contribution >= 4 is 44.6 Å². The Bertz CT molecular complexity index is 948. The predicted molar refractivity (Wildman–Crippen MR) is 100 cm³/mol. The van der Waals surface area contributed by atoms with Gasteiger partial charge in [0.05, 0.1) is 5.69 Å². The molecule has 0 bridgehead atoms. The molecule has 0 unspecified atom stereocenters. The fourth-order valence-corrected chi connectivity index (χ4v) is 4.51. The molecule has 0 fully saturated rings. The number of nitrogens with two attached hydrogens (primary N) is 1. The molecule has 122 valence electrons. The molecule has 0 amide bonds. The molecule has 2 heterocycles. The van der Waals surface area contributed by atoms with E-state index in [-0.39, 0.29) is 5.78 Å².